The minimum atomic E-state index is -0.331. The minimum Gasteiger partial charge on any atom is -0.483 e. The van der Waals surface area contributed by atoms with Crippen molar-refractivity contribution in [3.63, 3.8) is 0 Å². The fourth-order valence-corrected chi connectivity index (χ4v) is 3.33. The number of hydrogen-bond acceptors (Lipinski definition) is 3. The Balaban J connectivity index is 1.75. The van der Waals surface area contributed by atoms with Gasteiger partial charge in [-0.2, -0.15) is 0 Å². The highest BCUT2D eigenvalue weighted by atomic mass is 16.5. The molecule has 2 aromatic carbocycles. The summed E-state index contributed by atoms with van der Waals surface area (Å²) in [5.74, 6) is 1.35. The molecule has 5 heteroatoms. The Morgan fingerprint density at radius 2 is 1.81 bits per heavy atom. The third kappa shape index (κ3) is 4.37. The van der Waals surface area contributed by atoms with Gasteiger partial charge in [0.25, 0.3) is 5.91 Å². The van der Waals surface area contributed by atoms with Gasteiger partial charge in [0.1, 0.15) is 17.6 Å². The van der Waals surface area contributed by atoms with Gasteiger partial charge in [-0.25, -0.2) is 4.98 Å². The van der Waals surface area contributed by atoms with Gasteiger partial charge in [0.2, 0.25) is 0 Å². The van der Waals surface area contributed by atoms with Crippen LogP contribution in [0, 0.1) is 20.8 Å². The lowest BCUT2D eigenvalue weighted by molar-refractivity contribution is -0.123. The Morgan fingerprint density at radius 3 is 2.41 bits per heavy atom. The Bertz CT molecular complexity index is 909. The quantitative estimate of drug-likeness (QED) is 0.728. The zero-order valence-electron chi connectivity index (χ0n) is 16.2. The fraction of sp³-hybridized carbons (Fsp3) is 0.273. The molecule has 1 amide bonds. The fourth-order valence-electron chi connectivity index (χ4n) is 3.33. The van der Waals surface area contributed by atoms with Gasteiger partial charge in [-0.05, 0) is 37.5 Å². The number of imidazole rings is 1. The molecule has 1 heterocycles. The molecule has 0 aliphatic heterocycles. The zero-order valence-corrected chi connectivity index (χ0v) is 16.2. The first-order chi connectivity index (χ1) is 13.0. The lowest BCUT2D eigenvalue weighted by Gasteiger charge is -2.20. The van der Waals surface area contributed by atoms with E-state index in [1.54, 1.807) is 6.20 Å². The molecular weight excluding hydrogens is 338 g/mol. The Labute approximate surface area is 160 Å². The molecule has 0 spiro atoms. The van der Waals surface area contributed by atoms with Gasteiger partial charge in [0, 0.05) is 19.4 Å². The molecule has 0 bridgehead atoms. The summed E-state index contributed by atoms with van der Waals surface area (Å²) >= 11 is 0. The van der Waals surface area contributed by atoms with Gasteiger partial charge in [-0.3, -0.25) is 4.79 Å². The molecule has 0 saturated carbocycles. The summed E-state index contributed by atoms with van der Waals surface area (Å²) < 4.78 is 7.74. The van der Waals surface area contributed by atoms with E-state index < -0.39 is 0 Å². The molecule has 5 nitrogen and oxygen atoms in total. The molecule has 0 radical (unpaired) electrons. The van der Waals surface area contributed by atoms with Crippen LogP contribution in [-0.4, -0.2) is 22.1 Å². The maximum Gasteiger partial charge on any atom is 0.258 e. The van der Waals surface area contributed by atoms with Crippen LogP contribution in [0.15, 0.2) is 54.9 Å². The van der Waals surface area contributed by atoms with Crippen molar-refractivity contribution in [3.05, 3.63) is 82.9 Å². The molecule has 1 atom stereocenters. The van der Waals surface area contributed by atoms with E-state index in [4.69, 9.17) is 4.74 Å². The van der Waals surface area contributed by atoms with Gasteiger partial charge >= 0.3 is 0 Å². The molecule has 1 N–H and O–H groups in total. The smallest absolute Gasteiger partial charge is 0.258 e. The summed E-state index contributed by atoms with van der Waals surface area (Å²) in [7, 11) is 1.92. The molecular formula is C22H25N3O2. The topological polar surface area (TPSA) is 56.1 Å². The first kappa shape index (κ1) is 18.7. The number of carbonyl (C=O) groups excluding carboxylic acids is 1. The van der Waals surface area contributed by atoms with E-state index in [2.05, 4.69) is 22.4 Å². The van der Waals surface area contributed by atoms with E-state index >= 15 is 0 Å². The first-order valence-electron chi connectivity index (χ1n) is 8.98. The monoisotopic (exact) mass is 363 g/mol. The number of carbonyl (C=O) groups is 1. The Kier molecular flexibility index (Phi) is 5.60. The lowest BCUT2D eigenvalue weighted by Crippen LogP contribution is -2.34. The molecule has 0 aliphatic carbocycles. The van der Waals surface area contributed by atoms with Crippen molar-refractivity contribution < 1.29 is 9.53 Å². The highest BCUT2D eigenvalue weighted by molar-refractivity contribution is 5.78. The van der Waals surface area contributed by atoms with Gasteiger partial charge < -0.3 is 14.6 Å². The van der Waals surface area contributed by atoms with Crippen LogP contribution in [0.5, 0.6) is 5.75 Å². The highest BCUT2D eigenvalue weighted by Crippen LogP contribution is 2.25. The number of hydrogen-bond donors (Lipinski definition) is 1. The molecule has 3 rings (SSSR count). The van der Waals surface area contributed by atoms with Crippen LogP contribution in [0.25, 0.3) is 0 Å². The lowest BCUT2D eigenvalue weighted by atomic mass is 10.1. The van der Waals surface area contributed by atoms with Crippen molar-refractivity contribution in [2.24, 2.45) is 7.05 Å². The molecule has 1 unspecified atom stereocenters. The van der Waals surface area contributed by atoms with Crippen molar-refractivity contribution in [3.8, 4) is 5.75 Å². The summed E-state index contributed by atoms with van der Waals surface area (Å²) in [6, 6.07) is 13.6. The minimum absolute atomic E-state index is 0.0432. The zero-order chi connectivity index (χ0) is 19.4. The average Bonchev–Trinajstić information content (AvgIpc) is 3.05. The van der Waals surface area contributed by atoms with E-state index in [0.29, 0.717) is 0 Å². The van der Waals surface area contributed by atoms with Gasteiger partial charge in [-0.1, -0.05) is 48.0 Å². The average molecular weight is 363 g/mol. The SMILES string of the molecule is Cc1cc(C)c(OCC(=O)NC(c2ccccc2)c2nccn2C)c(C)c1. The maximum absolute atomic E-state index is 12.6. The number of nitrogens with one attached hydrogen (secondary N) is 1. The number of nitrogens with zero attached hydrogens (tertiary/aromatic N) is 2. The number of aromatic nitrogens is 2. The summed E-state index contributed by atoms with van der Waals surface area (Å²) in [5, 5.41) is 3.05. The number of aryl methyl sites for hydroxylation is 4. The molecule has 0 saturated heterocycles. The van der Waals surface area contributed by atoms with Crippen molar-refractivity contribution in [1.82, 2.24) is 14.9 Å². The van der Waals surface area contributed by atoms with Crippen LogP contribution in [0.3, 0.4) is 0 Å². The van der Waals surface area contributed by atoms with Crippen LogP contribution in [0.1, 0.15) is 34.1 Å². The first-order valence-corrected chi connectivity index (χ1v) is 8.98. The standard InChI is InChI=1S/C22H25N3O2/c1-15-12-16(2)21(17(3)13-15)27-14-19(26)24-20(18-8-6-5-7-9-18)22-23-10-11-25(22)4/h5-13,20H,14H2,1-4H3,(H,24,26). The summed E-state index contributed by atoms with van der Waals surface area (Å²) in [5.41, 5.74) is 4.22. The second-order valence-corrected chi connectivity index (χ2v) is 6.82. The van der Waals surface area contributed by atoms with E-state index in [1.165, 1.54) is 5.56 Å². The number of ether oxygens (including phenoxy) is 1. The predicted molar refractivity (Wildman–Crippen MR) is 106 cm³/mol. The third-order valence-electron chi connectivity index (χ3n) is 4.51. The van der Waals surface area contributed by atoms with E-state index in [9.17, 15) is 4.79 Å². The second kappa shape index (κ2) is 8.08. The van der Waals surface area contributed by atoms with Crippen molar-refractivity contribution in [1.29, 1.82) is 0 Å². The number of rotatable bonds is 6. The normalized spacial score (nSPS) is 11.9. The Morgan fingerprint density at radius 1 is 1.15 bits per heavy atom. The molecule has 27 heavy (non-hydrogen) atoms. The molecule has 140 valence electrons. The van der Waals surface area contributed by atoms with E-state index in [0.717, 1.165) is 28.3 Å². The highest BCUT2D eigenvalue weighted by Gasteiger charge is 2.21. The van der Waals surface area contributed by atoms with E-state index in [1.807, 2.05) is 68.9 Å². The third-order valence-corrected chi connectivity index (χ3v) is 4.51. The van der Waals surface area contributed by atoms with Crippen molar-refractivity contribution >= 4 is 5.91 Å². The van der Waals surface area contributed by atoms with Gasteiger partial charge in [0.15, 0.2) is 6.61 Å². The predicted octanol–water partition coefficient (Wildman–Crippen LogP) is 3.63. The van der Waals surface area contributed by atoms with Gasteiger partial charge in [-0.15, -0.1) is 0 Å². The number of benzene rings is 2. The summed E-state index contributed by atoms with van der Waals surface area (Å²) in [6.07, 6.45) is 3.60. The van der Waals surface area contributed by atoms with Crippen molar-refractivity contribution in [2.45, 2.75) is 26.8 Å². The maximum atomic E-state index is 12.6. The second-order valence-electron chi connectivity index (χ2n) is 6.82. The van der Waals surface area contributed by atoms with Gasteiger partial charge in [0.05, 0.1) is 0 Å². The van der Waals surface area contributed by atoms with Crippen LogP contribution < -0.4 is 10.1 Å². The molecule has 1 aromatic heterocycles. The Hall–Kier alpha value is -3.08. The van der Waals surface area contributed by atoms with Crippen LogP contribution >= 0.6 is 0 Å². The van der Waals surface area contributed by atoms with Crippen LogP contribution in [0.2, 0.25) is 0 Å². The number of amides is 1. The van der Waals surface area contributed by atoms with Crippen LogP contribution in [0.4, 0.5) is 0 Å². The van der Waals surface area contributed by atoms with Crippen molar-refractivity contribution in [2.75, 3.05) is 6.61 Å². The summed E-state index contributed by atoms with van der Waals surface area (Å²) in [6.45, 7) is 5.99. The molecule has 3 aromatic rings. The largest absolute Gasteiger partial charge is 0.483 e. The molecule has 0 aliphatic rings. The van der Waals surface area contributed by atoms with Crippen LogP contribution in [-0.2, 0) is 11.8 Å². The molecule has 0 fully saturated rings. The summed E-state index contributed by atoms with van der Waals surface area (Å²) in [4.78, 5) is 17.0. The van der Waals surface area contributed by atoms with E-state index in [-0.39, 0.29) is 18.6 Å².